The summed E-state index contributed by atoms with van der Waals surface area (Å²) in [6.45, 7) is 5.03. The van der Waals surface area contributed by atoms with Gasteiger partial charge in [0.2, 0.25) is 5.72 Å². The highest BCUT2D eigenvalue weighted by atomic mass is 19.1. The number of fused-ring (bicyclic) bond motifs is 1. The van der Waals surface area contributed by atoms with E-state index in [9.17, 15) is 9.18 Å². The van der Waals surface area contributed by atoms with E-state index < -0.39 is 5.72 Å². The van der Waals surface area contributed by atoms with Gasteiger partial charge >= 0.3 is 6.09 Å². The van der Waals surface area contributed by atoms with Gasteiger partial charge in [0.1, 0.15) is 17.4 Å². The molecule has 1 atom stereocenters. The number of anilines is 1. The van der Waals surface area contributed by atoms with E-state index in [1.807, 2.05) is 6.92 Å². The zero-order valence-electron chi connectivity index (χ0n) is 20.3. The van der Waals surface area contributed by atoms with E-state index in [0.29, 0.717) is 66.7 Å². The molecule has 11 nitrogen and oxygen atoms in total. The molecule has 2 aliphatic rings. The Balaban J connectivity index is 1.31. The van der Waals surface area contributed by atoms with Crippen LogP contribution >= 0.6 is 0 Å². The maximum Gasteiger partial charge on any atom is 0.409 e. The van der Waals surface area contributed by atoms with Crippen molar-refractivity contribution in [1.82, 2.24) is 24.8 Å². The maximum atomic E-state index is 13.9. The second-order valence-corrected chi connectivity index (χ2v) is 8.73. The van der Waals surface area contributed by atoms with Crippen molar-refractivity contribution >= 4 is 23.4 Å². The number of hydrogen-bond donors (Lipinski definition) is 2. The first-order valence-corrected chi connectivity index (χ1v) is 11.8. The number of ether oxygens (including phenoxy) is 2. The van der Waals surface area contributed by atoms with Crippen LogP contribution in [0.25, 0.3) is 5.65 Å². The predicted molar refractivity (Wildman–Crippen MR) is 129 cm³/mol. The molecule has 1 amide bonds. The molecule has 0 bridgehead atoms. The fourth-order valence-corrected chi connectivity index (χ4v) is 4.45. The molecule has 3 aromatic rings. The number of nitrogens with one attached hydrogen (secondary N) is 2. The van der Waals surface area contributed by atoms with Crippen molar-refractivity contribution in [2.24, 2.45) is 5.16 Å². The van der Waals surface area contributed by atoms with Crippen LogP contribution in [-0.4, -0.2) is 64.0 Å². The molecule has 2 aliphatic heterocycles. The number of nitrogens with zero attached hydrogens (tertiary/aromatic N) is 5. The Kier molecular flexibility index (Phi) is 6.25. The van der Waals surface area contributed by atoms with Crippen molar-refractivity contribution < 1.29 is 23.5 Å². The van der Waals surface area contributed by atoms with Gasteiger partial charge < -0.3 is 29.8 Å². The summed E-state index contributed by atoms with van der Waals surface area (Å²) in [5, 5.41) is 15.3. The number of carbonyl (C=O) groups is 1. The number of carbonyl (C=O) groups excluding carboxylic acids is 1. The molecule has 2 aromatic heterocycles. The number of halogens is 1. The summed E-state index contributed by atoms with van der Waals surface area (Å²) in [5.41, 5.74) is 1.25. The van der Waals surface area contributed by atoms with Crippen molar-refractivity contribution in [1.29, 1.82) is 0 Å². The summed E-state index contributed by atoms with van der Waals surface area (Å²) in [7, 11) is 1.55. The van der Waals surface area contributed by atoms with Crippen LogP contribution in [0.4, 0.5) is 15.0 Å². The number of amidine groups is 1. The molecule has 1 saturated heterocycles. The normalized spacial score (nSPS) is 17.3. The third-order valence-corrected chi connectivity index (χ3v) is 6.40. The molecule has 0 radical (unpaired) electrons. The van der Waals surface area contributed by atoms with Crippen molar-refractivity contribution in [3.63, 3.8) is 0 Å². The molecular weight excluding hydrogens is 469 g/mol. The summed E-state index contributed by atoms with van der Waals surface area (Å²) in [5.74, 6) is 1.36. The third kappa shape index (κ3) is 4.45. The van der Waals surface area contributed by atoms with Crippen molar-refractivity contribution in [2.75, 3.05) is 32.1 Å². The van der Waals surface area contributed by atoms with E-state index in [-0.39, 0.29) is 18.0 Å². The first-order valence-electron chi connectivity index (χ1n) is 11.8. The standard InChI is InChI=1S/C24H28FN7O4/c1-4-35-23(33)31-11-8-24(9-12-31)29-21(30-36-24)18-14-26-32-10-7-20(28-22(18)32)27-15(2)17-13-16(25)5-6-19(17)34-3/h5-7,10,13-15H,4,8-9,11-12H2,1-3H3,(H,27,28)(H,29,30)/t15-/m1/s1. The fourth-order valence-electron chi connectivity index (χ4n) is 4.45. The summed E-state index contributed by atoms with van der Waals surface area (Å²) in [6.07, 6.45) is 4.26. The van der Waals surface area contributed by atoms with Gasteiger partial charge in [0, 0.05) is 37.7 Å². The smallest absolute Gasteiger partial charge is 0.409 e. The number of oxime groups is 1. The highest BCUT2D eigenvalue weighted by Gasteiger charge is 2.43. The molecule has 4 heterocycles. The number of hydrogen-bond acceptors (Lipinski definition) is 9. The lowest BCUT2D eigenvalue weighted by Crippen LogP contribution is -2.54. The highest BCUT2D eigenvalue weighted by Crippen LogP contribution is 2.31. The lowest BCUT2D eigenvalue weighted by molar-refractivity contribution is -0.0724. The SMILES string of the molecule is CCOC(=O)N1CCC2(CC1)NC(c1cnn3ccc(N[C@H](C)c4cc(F)ccc4OC)nc13)=NO2. The van der Waals surface area contributed by atoms with Crippen LogP contribution in [0.5, 0.6) is 5.75 Å². The Bertz CT molecular complexity index is 1300. The zero-order valence-corrected chi connectivity index (χ0v) is 20.3. The van der Waals surface area contributed by atoms with Crippen LogP contribution in [0.2, 0.25) is 0 Å². The Morgan fingerprint density at radius 1 is 1.33 bits per heavy atom. The van der Waals surface area contributed by atoms with Gasteiger partial charge in [0.25, 0.3) is 0 Å². The number of methoxy groups -OCH3 is 1. The minimum absolute atomic E-state index is 0.268. The Morgan fingerprint density at radius 3 is 2.89 bits per heavy atom. The van der Waals surface area contributed by atoms with E-state index in [2.05, 4.69) is 20.9 Å². The molecular formula is C24H28FN7O4. The first-order chi connectivity index (χ1) is 17.4. The van der Waals surface area contributed by atoms with Gasteiger partial charge in [-0.2, -0.15) is 5.10 Å². The summed E-state index contributed by atoms with van der Waals surface area (Å²) in [6, 6.07) is 5.93. The van der Waals surface area contributed by atoms with Gasteiger partial charge in [-0.1, -0.05) is 5.16 Å². The van der Waals surface area contributed by atoms with Crippen LogP contribution in [0.15, 0.2) is 41.8 Å². The molecule has 1 fully saturated rings. The number of benzene rings is 1. The van der Waals surface area contributed by atoms with Crippen LogP contribution in [0.3, 0.4) is 0 Å². The summed E-state index contributed by atoms with van der Waals surface area (Å²) >= 11 is 0. The van der Waals surface area contributed by atoms with E-state index in [0.717, 1.165) is 0 Å². The van der Waals surface area contributed by atoms with Gasteiger partial charge in [0.05, 0.1) is 31.5 Å². The largest absolute Gasteiger partial charge is 0.496 e. The van der Waals surface area contributed by atoms with Gasteiger partial charge in [-0.15, -0.1) is 0 Å². The molecule has 5 rings (SSSR count). The lowest BCUT2D eigenvalue weighted by atomic mass is 10.0. The Morgan fingerprint density at radius 2 is 2.14 bits per heavy atom. The minimum atomic E-state index is -0.690. The fraction of sp³-hybridized carbons (Fsp3) is 0.417. The van der Waals surface area contributed by atoms with Crippen LogP contribution < -0.4 is 15.4 Å². The van der Waals surface area contributed by atoms with Crippen LogP contribution in [-0.2, 0) is 9.57 Å². The van der Waals surface area contributed by atoms with E-state index >= 15 is 0 Å². The zero-order chi connectivity index (χ0) is 25.3. The molecule has 0 saturated carbocycles. The first kappa shape index (κ1) is 23.6. The average Bonchev–Trinajstić information content (AvgIpc) is 3.48. The van der Waals surface area contributed by atoms with Gasteiger partial charge in [-0.25, -0.2) is 18.7 Å². The Hall–Kier alpha value is -4.09. The van der Waals surface area contributed by atoms with E-state index in [1.165, 1.54) is 12.1 Å². The van der Waals surface area contributed by atoms with Gasteiger partial charge in [-0.3, -0.25) is 0 Å². The quantitative estimate of drug-likeness (QED) is 0.533. The molecule has 0 unspecified atom stereocenters. The Labute approximate surface area is 207 Å². The molecule has 190 valence electrons. The molecule has 2 N–H and O–H groups in total. The average molecular weight is 498 g/mol. The number of rotatable bonds is 6. The number of piperidine rings is 1. The number of likely N-dealkylation sites (tertiary alicyclic amines) is 1. The van der Waals surface area contributed by atoms with Crippen LogP contribution in [0.1, 0.15) is 43.9 Å². The lowest BCUT2D eigenvalue weighted by Gasteiger charge is -2.36. The number of aromatic nitrogens is 3. The second-order valence-electron chi connectivity index (χ2n) is 8.73. The minimum Gasteiger partial charge on any atom is -0.496 e. The molecule has 12 heteroatoms. The monoisotopic (exact) mass is 497 g/mol. The van der Waals surface area contributed by atoms with E-state index in [4.69, 9.17) is 19.3 Å². The van der Waals surface area contributed by atoms with Gasteiger partial charge in [0.15, 0.2) is 11.5 Å². The van der Waals surface area contributed by atoms with Gasteiger partial charge in [-0.05, 0) is 38.1 Å². The molecule has 36 heavy (non-hydrogen) atoms. The molecule has 0 aliphatic carbocycles. The van der Waals surface area contributed by atoms with Crippen molar-refractivity contribution in [3.8, 4) is 5.75 Å². The summed E-state index contributed by atoms with van der Waals surface area (Å²) < 4.78 is 26.0. The van der Waals surface area contributed by atoms with E-state index in [1.54, 1.807) is 48.0 Å². The molecule has 1 aromatic carbocycles. The second kappa shape index (κ2) is 9.51. The van der Waals surface area contributed by atoms with Crippen molar-refractivity contribution in [2.45, 2.75) is 38.5 Å². The highest BCUT2D eigenvalue weighted by molar-refractivity contribution is 6.04. The summed E-state index contributed by atoms with van der Waals surface area (Å²) in [4.78, 5) is 24.2. The topological polar surface area (TPSA) is 115 Å². The van der Waals surface area contributed by atoms with Crippen molar-refractivity contribution in [3.05, 3.63) is 53.6 Å². The molecule has 1 spiro atoms. The number of amides is 1. The van der Waals surface area contributed by atoms with Crippen LogP contribution in [0, 0.1) is 5.82 Å². The third-order valence-electron chi connectivity index (χ3n) is 6.40. The maximum absolute atomic E-state index is 13.9. The predicted octanol–water partition coefficient (Wildman–Crippen LogP) is 3.28.